The molecule has 4 rings (SSSR count). The second kappa shape index (κ2) is 10.2. The molecule has 0 saturated carbocycles. The van der Waals surface area contributed by atoms with Gasteiger partial charge in [0.25, 0.3) is 5.91 Å². The molecule has 0 spiro atoms. The number of aromatic amines is 1. The first-order chi connectivity index (χ1) is 15.7. The lowest BCUT2D eigenvalue weighted by Gasteiger charge is -2.26. The smallest absolute Gasteiger partial charge is 0.254 e. The number of rotatable bonds is 8. The molecule has 9 heteroatoms. The number of nitrogens with one attached hydrogen (secondary N) is 2. The minimum Gasteiger partial charge on any atom is -0.493 e. The Bertz CT molecular complexity index is 1090. The van der Waals surface area contributed by atoms with Gasteiger partial charge in [0.2, 0.25) is 0 Å². The number of aliphatic hydroxyl groups excluding tert-OH is 1. The van der Waals surface area contributed by atoms with Crippen molar-refractivity contribution >= 4 is 28.2 Å². The number of morpholine rings is 1. The third kappa shape index (κ3) is 5.01. The van der Waals surface area contributed by atoms with Crippen molar-refractivity contribution in [2.24, 2.45) is 5.73 Å². The van der Waals surface area contributed by atoms with Crippen LogP contribution >= 0.6 is 0 Å². The number of anilines is 1. The molecule has 1 aromatic heterocycles. The number of amides is 1. The van der Waals surface area contributed by atoms with E-state index in [4.69, 9.17) is 20.3 Å². The van der Waals surface area contributed by atoms with Crippen LogP contribution in [0.25, 0.3) is 16.6 Å². The van der Waals surface area contributed by atoms with Gasteiger partial charge in [-0.15, -0.1) is 0 Å². The molecule has 2 heterocycles. The molecule has 1 aliphatic rings. The minimum absolute atomic E-state index is 0.00918. The molecule has 1 saturated heterocycles. The Morgan fingerprint density at radius 2 is 2.03 bits per heavy atom. The summed E-state index contributed by atoms with van der Waals surface area (Å²) in [4.78, 5) is 14.4. The minimum atomic E-state index is 0.00918. The quantitative estimate of drug-likeness (QED) is 0.398. The lowest BCUT2D eigenvalue weighted by molar-refractivity contribution is 0.0303. The Morgan fingerprint density at radius 1 is 1.25 bits per heavy atom. The molecule has 0 bridgehead atoms. The zero-order valence-electron chi connectivity index (χ0n) is 17.7. The summed E-state index contributed by atoms with van der Waals surface area (Å²) in [5.74, 6) is 0.699. The summed E-state index contributed by atoms with van der Waals surface area (Å²) < 4.78 is 10.9. The van der Waals surface area contributed by atoms with E-state index in [1.165, 1.54) is 0 Å². The average Bonchev–Trinajstić information content (AvgIpc) is 3.26. The highest BCUT2D eigenvalue weighted by atomic mass is 16.5. The SMILES string of the molecule is N/C(=C\Nc1ccc(C(=O)N2CCOCC2)cc1)c1n[nH]c2ccc(OCCCO)cc12. The molecule has 168 valence electrons. The maximum absolute atomic E-state index is 12.6. The van der Waals surface area contributed by atoms with Crippen molar-refractivity contribution in [2.75, 3.05) is 44.8 Å². The van der Waals surface area contributed by atoms with E-state index in [2.05, 4.69) is 15.5 Å². The van der Waals surface area contributed by atoms with Gasteiger partial charge in [-0.1, -0.05) is 0 Å². The van der Waals surface area contributed by atoms with Crippen molar-refractivity contribution in [1.82, 2.24) is 15.1 Å². The first kappa shape index (κ1) is 21.7. The van der Waals surface area contributed by atoms with E-state index >= 15 is 0 Å². The summed E-state index contributed by atoms with van der Waals surface area (Å²) >= 11 is 0. The summed E-state index contributed by atoms with van der Waals surface area (Å²) in [5, 5.41) is 20.2. The second-order valence-corrected chi connectivity index (χ2v) is 7.43. The number of nitrogens with zero attached hydrogens (tertiary/aromatic N) is 2. The molecule has 0 aliphatic carbocycles. The van der Waals surface area contributed by atoms with Gasteiger partial charge in [-0.05, 0) is 42.5 Å². The summed E-state index contributed by atoms with van der Waals surface area (Å²) in [6.45, 7) is 2.91. The number of aromatic nitrogens is 2. The van der Waals surface area contributed by atoms with E-state index in [0.29, 0.717) is 62.0 Å². The van der Waals surface area contributed by atoms with Crippen LogP contribution in [0.1, 0.15) is 22.5 Å². The van der Waals surface area contributed by atoms with Gasteiger partial charge in [0, 0.05) is 49.0 Å². The fourth-order valence-electron chi connectivity index (χ4n) is 3.45. The Hall–Kier alpha value is -3.56. The molecule has 3 aromatic rings. The number of aliphatic hydroxyl groups is 1. The first-order valence-corrected chi connectivity index (χ1v) is 10.6. The molecule has 0 unspecified atom stereocenters. The summed E-state index contributed by atoms with van der Waals surface area (Å²) in [6, 6.07) is 12.9. The predicted octanol–water partition coefficient (Wildman–Crippen LogP) is 2.17. The van der Waals surface area contributed by atoms with Crippen molar-refractivity contribution < 1.29 is 19.4 Å². The number of nitrogens with two attached hydrogens (primary N) is 1. The molecule has 0 atom stereocenters. The van der Waals surface area contributed by atoms with Gasteiger partial charge in [-0.3, -0.25) is 9.89 Å². The second-order valence-electron chi connectivity index (χ2n) is 7.43. The highest BCUT2D eigenvalue weighted by molar-refractivity contribution is 5.94. The Kier molecular flexibility index (Phi) is 6.88. The first-order valence-electron chi connectivity index (χ1n) is 10.6. The lowest BCUT2D eigenvalue weighted by atomic mass is 10.1. The van der Waals surface area contributed by atoms with Gasteiger partial charge in [0.15, 0.2) is 0 Å². The third-order valence-corrected chi connectivity index (χ3v) is 5.20. The molecular weight excluding hydrogens is 410 g/mol. The van der Waals surface area contributed by atoms with Gasteiger partial charge in [-0.25, -0.2) is 0 Å². The average molecular weight is 438 g/mol. The van der Waals surface area contributed by atoms with Gasteiger partial charge in [0.05, 0.1) is 31.0 Å². The molecule has 32 heavy (non-hydrogen) atoms. The lowest BCUT2D eigenvalue weighted by Crippen LogP contribution is -2.40. The summed E-state index contributed by atoms with van der Waals surface area (Å²) in [7, 11) is 0. The summed E-state index contributed by atoms with van der Waals surface area (Å²) in [6.07, 6.45) is 2.24. The number of hydrogen-bond acceptors (Lipinski definition) is 7. The van der Waals surface area contributed by atoms with Crippen molar-refractivity contribution in [3.8, 4) is 5.75 Å². The van der Waals surface area contributed by atoms with Crippen molar-refractivity contribution in [1.29, 1.82) is 0 Å². The van der Waals surface area contributed by atoms with Crippen LogP contribution in [0, 0.1) is 0 Å². The van der Waals surface area contributed by atoms with Crippen LogP contribution in [-0.4, -0.2) is 65.6 Å². The number of carbonyl (C=O) groups is 1. The van der Waals surface area contributed by atoms with E-state index in [0.717, 1.165) is 16.6 Å². The van der Waals surface area contributed by atoms with E-state index < -0.39 is 0 Å². The number of benzene rings is 2. The fourth-order valence-corrected chi connectivity index (χ4v) is 3.45. The number of H-pyrrole nitrogens is 1. The Morgan fingerprint density at radius 3 is 2.78 bits per heavy atom. The Balaban J connectivity index is 1.43. The highest BCUT2D eigenvalue weighted by Gasteiger charge is 2.18. The van der Waals surface area contributed by atoms with Crippen molar-refractivity contribution in [3.05, 3.63) is 59.9 Å². The molecule has 1 aliphatic heterocycles. The molecule has 2 aromatic carbocycles. The van der Waals surface area contributed by atoms with Crippen molar-refractivity contribution in [2.45, 2.75) is 6.42 Å². The van der Waals surface area contributed by atoms with E-state index in [1.54, 1.807) is 23.2 Å². The molecule has 9 nitrogen and oxygen atoms in total. The topological polar surface area (TPSA) is 126 Å². The Labute approximate surface area is 185 Å². The van der Waals surface area contributed by atoms with Crippen LogP contribution < -0.4 is 15.8 Å². The number of fused-ring (bicyclic) bond motifs is 1. The van der Waals surface area contributed by atoms with Crippen LogP contribution in [0.4, 0.5) is 5.69 Å². The molecule has 0 radical (unpaired) electrons. The highest BCUT2D eigenvalue weighted by Crippen LogP contribution is 2.25. The maximum atomic E-state index is 12.6. The maximum Gasteiger partial charge on any atom is 0.254 e. The number of carbonyl (C=O) groups excluding carboxylic acids is 1. The van der Waals surface area contributed by atoms with Crippen LogP contribution in [0.3, 0.4) is 0 Å². The van der Waals surface area contributed by atoms with Crippen LogP contribution in [-0.2, 0) is 4.74 Å². The monoisotopic (exact) mass is 437 g/mol. The molecule has 5 N–H and O–H groups in total. The van der Waals surface area contributed by atoms with Crippen LogP contribution in [0.5, 0.6) is 5.75 Å². The van der Waals surface area contributed by atoms with Gasteiger partial charge in [0.1, 0.15) is 11.4 Å². The van der Waals surface area contributed by atoms with Gasteiger partial charge in [-0.2, -0.15) is 5.10 Å². The van der Waals surface area contributed by atoms with Crippen LogP contribution in [0.15, 0.2) is 48.7 Å². The third-order valence-electron chi connectivity index (χ3n) is 5.20. The van der Waals surface area contributed by atoms with Gasteiger partial charge < -0.3 is 30.5 Å². The largest absolute Gasteiger partial charge is 0.493 e. The normalized spacial score (nSPS) is 14.5. The zero-order chi connectivity index (χ0) is 22.3. The predicted molar refractivity (Wildman–Crippen MR) is 122 cm³/mol. The van der Waals surface area contributed by atoms with E-state index in [9.17, 15) is 4.79 Å². The standard InChI is InChI=1S/C23H27N5O4/c24-20(22-19-14-18(32-11-1-10-29)6-7-21(19)26-27-22)15-25-17-4-2-16(3-5-17)23(30)28-8-12-31-13-9-28/h2-7,14-15,25,29H,1,8-13,24H2,(H,26,27)/b20-15-. The number of ether oxygens (including phenoxy) is 2. The number of hydrogen-bond donors (Lipinski definition) is 4. The fraction of sp³-hybridized carbons (Fsp3) is 0.304. The zero-order valence-corrected chi connectivity index (χ0v) is 17.7. The molecule has 1 amide bonds. The molecule has 1 fully saturated rings. The van der Waals surface area contributed by atoms with Gasteiger partial charge >= 0.3 is 0 Å². The van der Waals surface area contributed by atoms with E-state index in [-0.39, 0.29) is 12.5 Å². The van der Waals surface area contributed by atoms with Crippen LogP contribution in [0.2, 0.25) is 0 Å². The van der Waals surface area contributed by atoms with Crippen molar-refractivity contribution in [3.63, 3.8) is 0 Å². The van der Waals surface area contributed by atoms with E-state index in [1.807, 2.05) is 30.3 Å². The summed E-state index contributed by atoms with van der Waals surface area (Å²) in [5.41, 5.74) is 9.63. The molecular formula is C23H27N5O4.